The van der Waals surface area contributed by atoms with Gasteiger partial charge in [-0.1, -0.05) is 0 Å². The molecule has 0 aromatic heterocycles. The van der Waals surface area contributed by atoms with Gasteiger partial charge in [-0.05, 0) is 0 Å². The first-order valence-corrected chi connectivity index (χ1v) is 1.37. The zero-order chi connectivity index (χ0) is 2.00. The monoisotopic (exact) mass is 237 g/mol. The second-order valence-corrected chi connectivity index (χ2v) is 0. The summed E-state index contributed by atoms with van der Waals surface area (Å²) in [5.41, 5.74) is 0. The van der Waals surface area contributed by atoms with Crippen LogP contribution in [0.5, 0.6) is 0 Å². The van der Waals surface area contributed by atoms with Crippen molar-refractivity contribution in [1.82, 2.24) is 0 Å². The molecule has 0 amide bonds. The molecule has 0 aliphatic heterocycles. The van der Waals surface area contributed by atoms with E-state index >= 15 is 0 Å². The third-order valence-electron chi connectivity index (χ3n) is 0. The van der Waals surface area contributed by atoms with Crippen molar-refractivity contribution in [2.45, 2.75) is 0 Å². The summed E-state index contributed by atoms with van der Waals surface area (Å²) in [5, 5.41) is 0. The average Bonchev–Trinajstić information content (AvgIpc) is 1.00. The molecule has 1 radical (unpaired) electrons. The van der Waals surface area contributed by atoms with Gasteiger partial charge in [0.15, 0.2) is 0 Å². The summed E-state index contributed by atoms with van der Waals surface area (Å²) >= 11 is 0.300. The summed E-state index contributed by atoms with van der Waals surface area (Å²) in [5.74, 6) is 0. The van der Waals surface area contributed by atoms with Crippen LogP contribution < -0.4 is 0 Å². The van der Waals surface area contributed by atoms with Gasteiger partial charge in [0.05, 0.1) is 0 Å². The molecular weight excluding hydrogens is 237 g/mol. The molecule has 0 saturated carbocycles. The molecule has 0 rings (SSSR count). The van der Waals surface area contributed by atoms with Gasteiger partial charge in [0, 0.05) is 40.3 Å². The second kappa shape index (κ2) is 20.5. The van der Waals surface area contributed by atoms with E-state index in [2.05, 4.69) is 0 Å². The summed E-state index contributed by atoms with van der Waals surface area (Å²) in [6.07, 6.45) is 0. The number of hydrogen-bond donors (Lipinski definition) is 0. The molecule has 0 aliphatic carbocycles. The smallest absolute Gasteiger partial charge is 0 e. The fraction of sp³-hybridized carbons (Fsp3) is 0. The zero-order valence-electron chi connectivity index (χ0n) is 1.86. The molecule has 0 atom stereocenters. The first-order chi connectivity index (χ1) is 1.00. The molecule has 0 N–H and O–H groups in total. The average molecular weight is 238 g/mol. The van der Waals surface area contributed by atoms with Crippen LogP contribution in [0.2, 0.25) is 0 Å². The Morgan fingerprint density at radius 1 is 1.25 bits per heavy atom. The normalized spacial score (nSPS) is 1.00. The second-order valence-electron chi connectivity index (χ2n) is 0. The Bertz CT molecular complexity index is 8.00. The van der Waals surface area contributed by atoms with Gasteiger partial charge in [-0.2, -0.15) is 0 Å². The van der Waals surface area contributed by atoms with Gasteiger partial charge in [0.2, 0.25) is 0 Å². The predicted octanol–water partition coefficient (Wildman–Crippen LogP) is -0.772. The van der Waals surface area contributed by atoms with Crippen LogP contribution in [0.25, 0.3) is 0 Å². The van der Waals surface area contributed by atoms with E-state index in [-0.39, 0.29) is 40.3 Å². The van der Waals surface area contributed by atoms with E-state index in [4.69, 9.17) is 3.02 Å². The van der Waals surface area contributed by atoms with E-state index in [9.17, 15) is 0 Å². The van der Waals surface area contributed by atoms with Gasteiger partial charge in [-0.3, -0.25) is 0 Å². The Hall–Kier alpha value is 1.92. The van der Waals surface area contributed by atoms with E-state index in [0.29, 0.717) is 23.0 Å². The minimum atomic E-state index is 0. The Kier molecular flexibility index (Phi) is 86.3. The maximum atomic E-state index is 8.34. The van der Waals surface area contributed by atoms with Crippen molar-refractivity contribution in [1.29, 1.82) is 0 Å². The van der Waals surface area contributed by atoms with Crippen molar-refractivity contribution in [3.8, 4) is 0 Å². The van der Waals surface area contributed by atoms with Crippen LogP contribution in [0.3, 0.4) is 0 Å². The summed E-state index contributed by atoms with van der Waals surface area (Å²) in [7, 11) is 0. The van der Waals surface area contributed by atoms with Crippen LogP contribution in [0, 0.1) is 0 Å². The topological polar surface area (TPSA) is 17.1 Å². The van der Waals surface area contributed by atoms with Crippen LogP contribution in [0.15, 0.2) is 0 Å². The molecule has 4 heavy (non-hydrogen) atoms. The number of hydrogen-bond acceptors (Lipinski definition) is 1. The van der Waals surface area contributed by atoms with E-state index in [0.717, 1.165) is 0 Å². The van der Waals surface area contributed by atoms with Gasteiger partial charge in [0.25, 0.3) is 0 Å². The third kappa shape index (κ3) is 9.07. The van der Waals surface area contributed by atoms with Gasteiger partial charge in [0.1, 0.15) is 0 Å². The van der Waals surface area contributed by atoms with Crippen molar-refractivity contribution in [3.05, 3.63) is 0 Å². The molecule has 0 spiro atoms. The van der Waals surface area contributed by atoms with Crippen LogP contribution in [-0.4, -0.2) is 23.0 Å². The molecule has 21 valence electrons. The maximum absolute atomic E-state index is 8.34. The van der Waals surface area contributed by atoms with E-state index in [1.54, 1.807) is 0 Å². The van der Waals surface area contributed by atoms with E-state index in [1.807, 2.05) is 0 Å². The SMILES string of the molecule is [O]=[SbH].[Ti].[V]. The number of rotatable bonds is 0. The Morgan fingerprint density at radius 3 is 1.25 bits per heavy atom. The molecule has 0 fully saturated rings. The Balaban J connectivity index is -0.00000000500. The minimum absolute atomic E-state index is 0. The fourth-order valence-electron chi connectivity index (χ4n) is 0. The molecule has 4 heteroatoms. The molecule has 0 unspecified atom stereocenters. The summed E-state index contributed by atoms with van der Waals surface area (Å²) in [6, 6.07) is 0. The zero-order valence-corrected chi connectivity index (χ0v) is 7.67. The standard InChI is InChI=1S/O.Sb.Ti.V.H. The van der Waals surface area contributed by atoms with Crippen molar-refractivity contribution in [2.24, 2.45) is 0 Å². The molecule has 0 bridgehead atoms. The quantitative estimate of drug-likeness (QED) is 0.506. The largest absolute Gasteiger partial charge is 0 e. The van der Waals surface area contributed by atoms with Crippen molar-refractivity contribution >= 4 is 23.0 Å². The summed E-state index contributed by atoms with van der Waals surface area (Å²) in [4.78, 5) is 0. The van der Waals surface area contributed by atoms with Crippen molar-refractivity contribution in [2.75, 3.05) is 0 Å². The van der Waals surface area contributed by atoms with Gasteiger partial charge >= 0.3 is 26.0 Å². The maximum Gasteiger partial charge on any atom is 0 e. The molecule has 0 aliphatic rings. The first kappa shape index (κ1) is 16.8. The third-order valence-corrected chi connectivity index (χ3v) is 0. The van der Waals surface area contributed by atoms with Crippen LogP contribution >= 0.6 is 0 Å². The molecule has 0 saturated heterocycles. The van der Waals surface area contributed by atoms with E-state index < -0.39 is 0 Å². The van der Waals surface area contributed by atoms with Gasteiger partial charge < -0.3 is 0 Å². The predicted molar refractivity (Wildman–Crippen MR) is 7.84 cm³/mol. The first-order valence-electron chi connectivity index (χ1n) is 0.204. The van der Waals surface area contributed by atoms with E-state index in [1.165, 1.54) is 0 Å². The molecule has 1 nitrogen and oxygen atoms in total. The van der Waals surface area contributed by atoms with Crippen LogP contribution in [0.1, 0.15) is 0 Å². The molecule has 0 aromatic carbocycles. The summed E-state index contributed by atoms with van der Waals surface area (Å²) in [6.45, 7) is 0. The van der Waals surface area contributed by atoms with Crippen molar-refractivity contribution < 1.29 is 43.3 Å². The van der Waals surface area contributed by atoms with Gasteiger partial charge in [-0.15, -0.1) is 0 Å². The summed E-state index contributed by atoms with van der Waals surface area (Å²) < 4.78 is 8.34. The fourth-order valence-corrected chi connectivity index (χ4v) is 0. The van der Waals surface area contributed by atoms with Crippen LogP contribution in [0.4, 0.5) is 0 Å². The molecule has 0 aromatic rings. The minimum Gasteiger partial charge on any atom is 0 e. The Labute approximate surface area is 65.6 Å². The molecule has 0 heterocycles. The molecular formula is HOSbTiV. The van der Waals surface area contributed by atoms with Gasteiger partial charge in [-0.25, -0.2) is 0 Å². The van der Waals surface area contributed by atoms with Crippen molar-refractivity contribution in [3.63, 3.8) is 0 Å². The van der Waals surface area contributed by atoms with Crippen LogP contribution in [-0.2, 0) is 43.3 Å². The Morgan fingerprint density at radius 2 is 1.25 bits per heavy atom.